The van der Waals surface area contributed by atoms with E-state index in [9.17, 15) is 0 Å². The van der Waals surface area contributed by atoms with Crippen molar-refractivity contribution < 1.29 is 0 Å². The number of hydrogen-bond donors (Lipinski definition) is 1. The molecule has 2 aliphatic carbocycles. The summed E-state index contributed by atoms with van der Waals surface area (Å²) < 4.78 is 0. The van der Waals surface area contributed by atoms with Crippen LogP contribution in [0.25, 0.3) is 11.0 Å². The molecule has 112 valence electrons. The third-order valence-corrected chi connectivity index (χ3v) is 5.66. The summed E-state index contributed by atoms with van der Waals surface area (Å²) >= 11 is 0. The minimum atomic E-state index is 0.820. The summed E-state index contributed by atoms with van der Waals surface area (Å²) in [5.41, 5.74) is 1.75. The van der Waals surface area contributed by atoms with Gasteiger partial charge in [0, 0.05) is 19.8 Å². The molecule has 21 heavy (non-hydrogen) atoms. The van der Waals surface area contributed by atoms with Gasteiger partial charge in [0.05, 0.1) is 5.39 Å². The highest BCUT2D eigenvalue weighted by molar-refractivity contribution is 5.87. The van der Waals surface area contributed by atoms with Crippen molar-refractivity contribution in [1.82, 2.24) is 15.0 Å². The molecule has 4 nitrogen and oxygen atoms in total. The van der Waals surface area contributed by atoms with Crippen molar-refractivity contribution in [2.45, 2.75) is 44.9 Å². The molecule has 2 fully saturated rings. The lowest BCUT2D eigenvalue weighted by Crippen LogP contribution is -2.42. The molecule has 0 aliphatic heterocycles. The zero-order valence-corrected chi connectivity index (χ0v) is 12.8. The Morgan fingerprint density at radius 2 is 2.19 bits per heavy atom. The van der Waals surface area contributed by atoms with Crippen LogP contribution in [0.5, 0.6) is 0 Å². The van der Waals surface area contributed by atoms with E-state index in [2.05, 4.69) is 33.0 Å². The Morgan fingerprint density at radius 3 is 2.95 bits per heavy atom. The second-order valence-corrected chi connectivity index (χ2v) is 7.13. The maximum atomic E-state index is 4.45. The fourth-order valence-corrected chi connectivity index (χ4v) is 4.34. The first-order chi connectivity index (χ1) is 10.3. The number of nitrogens with zero attached hydrogens (tertiary/aromatic N) is 3. The van der Waals surface area contributed by atoms with Crippen molar-refractivity contribution >= 4 is 16.9 Å². The van der Waals surface area contributed by atoms with Gasteiger partial charge in [0.2, 0.25) is 0 Å². The standard InChI is InChI=1S/C17H24N4/c1-21(16-14-5-8-18-15(14)19-12-20-16)9-2-4-13-10-17(11-13)6-3-7-17/h5,8,12-13H,2-4,6-7,9-11H2,1H3,(H,18,19,20). The van der Waals surface area contributed by atoms with Crippen molar-refractivity contribution in [2.24, 2.45) is 11.3 Å². The Labute approximate surface area is 126 Å². The molecule has 2 aromatic rings. The normalized spacial score (nSPS) is 20.4. The van der Waals surface area contributed by atoms with Crippen LogP contribution < -0.4 is 4.90 Å². The van der Waals surface area contributed by atoms with E-state index in [0.29, 0.717) is 0 Å². The van der Waals surface area contributed by atoms with E-state index in [-0.39, 0.29) is 0 Å². The summed E-state index contributed by atoms with van der Waals surface area (Å²) in [7, 11) is 2.14. The number of H-pyrrole nitrogens is 1. The van der Waals surface area contributed by atoms with E-state index < -0.39 is 0 Å². The number of hydrogen-bond acceptors (Lipinski definition) is 3. The number of aromatic nitrogens is 3. The molecule has 1 spiro atoms. The van der Waals surface area contributed by atoms with Crippen LogP contribution in [0.4, 0.5) is 5.82 Å². The quantitative estimate of drug-likeness (QED) is 0.909. The maximum Gasteiger partial charge on any atom is 0.142 e. The molecule has 0 saturated heterocycles. The van der Waals surface area contributed by atoms with Crippen LogP contribution in [-0.2, 0) is 0 Å². The minimum absolute atomic E-state index is 0.820. The van der Waals surface area contributed by atoms with Gasteiger partial charge in [-0.3, -0.25) is 0 Å². The third-order valence-electron chi connectivity index (χ3n) is 5.66. The molecule has 4 heteroatoms. The molecule has 2 saturated carbocycles. The minimum Gasteiger partial charge on any atom is -0.359 e. The summed E-state index contributed by atoms with van der Waals surface area (Å²) in [6, 6.07) is 2.06. The van der Waals surface area contributed by atoms with Gasteiger partial charge in [-0.1, -0.05) is 6.42 Å². The first kappa shape index (κ1) is 13.1. The average Bonchev–Trinajstić information content (AvgIpc) is 2.87. The van der Waals surface area contributed by atoms with Gasteiger partial charge < -0.3 is 9.88 Å². The molecule has 0 amide bonds. The first-order valence-electron chi connectivity index (χ1n) is 8.25. The molecule has 0 atom stereocenters. The van der Waals surface area contributed by atoms with Crippen molar-refractivity contribution in [3.8, 4) is 0 Å². The lowest BCUT2D eigenvalue weighted by atomic mass is 9.51. The Kier molecular flexibility index (Phi) is 3.12. The van der Waals surface area contributed by atoms with Crippen molar-refractivity contribution in [2.75, 3.05) is 18.5 Å². The van der Waals surface area contributed by atoms with Gasteiger partial charge in [0.15, 0.2) is 0 Å². The molecular formula is C17H24N4. The molecule has 0 radical (unpaired) electrons. The van der Waals surface area contributed by atoms with Gasteiger partial charge in [-0.2, -0.15) is 0 Å². The Morgan fingerprint density at radius 1 is 1.33 bits per heavy atom. The van der Waals surface area contributed by atoms with Crippen LogP contribution in [0.3, 0.4) is 0 Å². The third kappa shape index (κ3) is 2.30. The molecule has 0 aromatic carbocycles. The summed E-state index contributed by atoms with van der Waals surface area (Å²) in [6.45, 7) is 1.08. The molecule has 0 unspecified atom stereocenters. The van der Waals surface area contributed by atoms with Crippen molar-refractivity contribution in [3.63, 3.8) is 0 Å². The molecule has 2 aromatic heterocycles. The van der Waals surface area contributed by atoms with Gasteiger partial charge in [0.1, 0.15) is 17.8 Å². The fraction of sp³-hybridized carbons (Fsp3) is 0.647. The molecule has 1 N–H and O–H groups in total. The zero-order chi connectivity index (χ0) is 14.3. The lowest BCUT2D eigenvalue weighted by Gasteiger charge is -2.54. The van der Waals surface area contributed by atoms with E-state index in [1.54, 1.807) is 6.33 Å². The predicted molar refractivity (Wildman–Crippen MR) is 85.4 cm³/mol. The monoisotopic (exact) mass is 284 g/mol. The number of anilines is 1. The zero-order valence-electron chi connectivity index (χ0n) is 12.8. The van der Waals surface area contributed by atoms with Crippen LogP contribution in [0.2, 0.25) is 0 Å². The number of fused-ring (bicyclic) bond motifs is 1. The molecule has 0 bridgehead atoms. The largest absolute Gasteiger partial charge is 0.359 e. The van der Waals surface area contributed by atoms with E-state index in [4.69, 9.17) is 0 Å². The van der Waals surface area contributed by atoms with Crippen LogP contribution >= 0.6 is 0 Å². The van der Waals surface area contributed by atoms with Gasteiger partial charge in [0.25, 0.3) is 0 Å². The van der Waals surface area contributed by atoms with Gasteiger partial charge in [-0.15, -0.1) is 0 Å². The van der Waals surface area contributed by atoms with E-state index >= 15 is 0 Å². The summed E-state index contributed by atoms with van der Waals surface area (Å²) in [5, 5.41) is 1.12. The van der Waals surface area contributed by atoms with E-state index in [1.807, 2.05) is 6.20 Å². The molecule has 4 rings (SSSR count). The predicted octanol–water partition coefficient (Wildman–Crippen LogP) is 3.75. The first-order valence-corrected chi connectivity index (χ1v) is 8.25. The van der Waals surface area contributed by atoms with E-state index in [0.717, 1.165) is 34.7 Å². The van der Waals surface area contributed by atoms with Crippen LogP contribution in [0.15, 0.2) is 18.6 Å². The Hall–Kier alpha value is -1.58. The van der Waals surface area contributed by atoms with E-state index in [1.165, 1.54) is 44.9 Å². The highest BCUT2D eigenvalue weighted by atomic mass is 15.2. The molecule has 2 heterocycles. The topological polar surface area (TPSA) is 44.8 Å². The maximum absolute atomic E-state index is 4.45. The SMILES string of the molecule is CN(CCCC1CC2(CCC2)C1)c1ncnc2[nH]ccc12. The summed E-state index contributed by atoms with van der Waals surface area (Å²) in [6.07, 6.45) is 13.8. The Balaban J connectivity index is 1.30. The van der Waals surface area contributed by atoms with Crippen LogP contribution in [0, 0.1) is 11.3 Å². The molecule has 2 aliphatic rings. The average molecular weight is 284 g/mol. The van der Waals surface area contributed by atoms with Crippen molar-refractivity contribution in [3.05, 3.63) is 18.6 Å². The van der Waals surface area contributed by atoms with Gasteiger partial charge in [-0.25, -0.2) is 9.97 Å². The number of rotatable bonds is 5. The summed E-state index contributed by atoms with van der Waals surface area (Å²) in [5.74, 6) is 2.04. The van der Waals surface area contributed by atoms with Crippen LogP contribution in [0.1, 0.15) is 44.9 Å². The lowest BCUT2D eigenvalue weighted by molar-refractivity contribution is -0.0280. The fourth-order valence-electron chi connectivity index (χ4n) is 4.34. The van der Waals surface area contributed by atoms with Gasteiger partial charge in [-0.05, 0) is 55.9 Å². The van der Waals surface area contributed by atoms with Gasteiger partial charge >= 0.3 is 0 Å². The highest BCUT2D eigenvalue weighted by Gasteiger charge is 2.47. The smallest absolute Gasteiger partial charge is 0.142 e. The second-order valence-electron chi connectivity index (χ2n) is 7.13. The Bertz CT molecular complexity index is 621. The summed E-state index contributed by atoms with van der Waals surface area (Å²) in [4.78, 5) is 14.1. The molecular weight excluding hydrogens is 260 g/mol. The number of nitrogens with one attached hydrogen (secondary N) is 1. The highest BCUT2D eigenvalue weighted by Crippen LogP contribution is 2.59. The number of aromatic amines is 1. The van der Waals surface area contributed by atoms with Crippen LogP contribution in [-0.4, -0.2) is 28.5 Å². The second kappa shape index (κ2) is 5.00. The van der Waals surface area contributed by atoms with Crippen molar-refractivity contribution in [1.29, 1.82) is 0 Å².